The third kappa shape index (κ3) is 4.28. The van der Waals surface area contributed by atoms with E-state index in [2.05, 4.69) is 33.2 Å². The van der Waals surface area contributed by atoms with E-state index in [1.54, 1.807) is 6.07 Å². The molecule has 2 aromatic rings. The van der Waals surface area contributed by atoms with Crippen LogP contribution in [0.25, 0.3) is 0 Å². The van der Waals surface area contributed by atoms with Crippen molar-refractivity contribution >= 4 is 51.5 Å². The molecule has 2 N–H and O–H groups in total. The summed E-state index contributed by atoms with van der Waals surface area (Å²) < 4.78 is 1.01. The van der Waals surface area contributed by atoms with Crippen molar-refractivity contribution in [3.8, 4) is 0 Å². The van der Waals surface area contributed by atoms with Crippen LogP contribution in [0.2, 0.25) is 0 Å². The van der Waals surface area contributed by atoms with Crippen LogP contribution >= 0.6 is 34.8 Å². The van der Waals surface area contributed by atoms with Gasteiger partial charge in [0.1, 0.15) is 0 Å². The fourth-order valence-corrected chi connectivity index (χ4v) is 2.36. The summed E-state index contributed by atoms with van der Waals surface area (Å²) in [6.07, 6.45) is 0. The molecule has 0 radical (unpaired) electrons. The molecule has 0 aromatic heterocycles. The fourth-order valence-electron chi connectivity index (χ4n) is 1.60. The number of aryl methyl sites for hydroxylation is 1. The fraction of sp³-hybridized carbons (Fsp3) is 0.0667. The van der Waals surface area contributed by atoms with Gasteiger partial charge in [-0.25, -0.2) is 0 Å². The van der Waals surface area contributed by atoms with Crippen LogP contribution in [0.3, 0.4) is 0 Å². The number of benzene rings is 2. The maximum Gasteiger partial charge on any atom is 0.257 e. The van der Waals surface area contributed by atoms with Crippen LogP contribution in [-0.4, -0.2) is 11.0 Å². The monoisotopic (exact) mass is 396 g/mol. The van der Waals surface area contributed by atoms with Crippen LogP contribution in [-0.2, 0) is 0 Å². The van der Waals surface area contributed by atoms with Crippen molar-refractivity contribution in [2.75, 3.05) is 5.32 Å². The van der Waals surface area contributed by atoms with Gasteiger partial charge in [0.25, 0.3) is 5.91 Å². The average Bonchev–Trinajstić information content (AvgIpc) is 2.41. The summed E-state index contributed by atoms with van der Waals surface area (Å²) in [6.45, 7) is 2.01. The number of hydrogen-bond acceptors (Lipinski definition) is 2. The van der Waals surface area contributed by atoms with Crippen LogP contribution in [0.5, 0.6) is 0 Å². The number of carbonyl (C=O) groups excluding carboxylic acids is 1. The van der Waals surface area contributed by atoms with Gasteiger partial charge in [-0.2, -0.15) is 0 Å². The summed E-state index contributed by atoms with van der Waals surface area (Å²) in [5.41, 5.74) is 2.61. The number of nitrogens with one attached hydrogen (secondary N) is 2. The molecule has 0 saturated carbocycles. The quantitative estimate of drug-likeness (QED) is 0.601. The molecular weight excluding hydrogens is 383 g/mol. The van der Waals surface area contributed by atoms with Crippen molar-refractivity contribution in [2.24, 2.45) is 0 Å². The van der Waals surface area contributed by atoms with E-state index in [-0.39, 0.29) is 11.0 Å². The molecule has 5 heteroatoms. The van der Waals surface area contributed by atoms with E-state index in [4.69, 9.17) is 12.2 Å². The Hall–Kier alpha value is -1.47. The van der Waals surface area contributed by atoms with Crippen molar-refractivity contribution in [1.82, 2.24) is 5.32 Å². The summed E-state index contributed by atoms with van der Waals surface area (Å²) in [5.74, 6) is -0.215. The Balaban J connectivity index is 1.97. The Morgan fingerprint density at radius 2 is 1.85 bits per heavy atom. The zero-order chi connectivity index (χ0) is 14.5. The second kappa shape index (κ2) is 6.81. The lowest BCUT2D eigenvalue weighted by atomic mass is 10.2. The largest absolute Gasteiger partial charge is 0.332 e. The van der Waals surface area contributed by atoms with E-state index >= 15 is 0 Å². The van der Waals surface area contributed by atoms with Crippen LogP contribution in [0.4, 0.5) is 5.69 Å². The van der Waals surface area contributed by atoms with Gasteiger partial charge < -0.3 is 5.32 Å². The Morgan fingerprint density at radius 1 is 1.15 bits per heavy atom. The van der Waals surface area contributed by atoms with Crippen LogP contribution in [0.1, 0.15) is 15.9 Å². The van der Waals surface area contributed by atoms with E-state index in [9.17, 15) is 4.79 Å². The van der Waals surface area contributed by atoms with Crippen LogP contribution in [0.15, 0.2) is 48.5 Å². The van der Waals surface area contributed by atoms with E-state index in [1.807, 2.05) is 49.4 Å². The SMILES string of the molecule is Cc1ccc(NC(=S)NC(=O)c2cccc(I)c2)cc1. The third-order valence-corrected chi connectivity index (χ3v) is 3.50. The Bertz CT molecular complexity index is 641. The molecule has 2 rings (SSSR count). The number of thiocarbonyl (C=S) groups is 1. The minimum atomic E-state index is -0.215. The number of amides is 1. The number of carbonyl (C=O) groups is 1. The zero-order valence-electron chi connectivity index (χ0n) is 10.8. The Morgan fingerprint density at radius 3 is 2.50 bits per heavy atom. The molecule has 1 amide bonds. The molecule has 0 atom stereocenters. The van der Waals surface area contributed by atoms with Crippen molar-refractivity contribution in [3.63, 3.8) is 0 Å². The minimum Gasteiger partial charge on any atom is -0.332 e. The Labute approximate surface area is 136 Å². The molecule has 0 fully saturated rings. The van der Waals surface area contributed by atoms with Crippen molar-refractivity contribution < 1.29 is 4.79 Å². The topological polar surface area (TPSA) is 41.1 Å². The summed E-state index contributed by atoms with van der Waals surface area (Å²) in [6, 6.07) is 15.1. The first-order chi connectivity index (χ1) is 9.54. The Kier molecular flexibility index (Phi) is 5.08. The number of halogens is 1. The summed E-state index contributed by atoms with van der Waals surface area (Å²) in [4.78, 5) is 12.0. The highest BCUT2D eigenvalue weighted by Crippen LogP contribution is 2.09. The van der Waals surface area contributed by atoms with Gasteiger partial charge in [0.15, 0.2) is 5.11 Å². The summed E-state index contributed by atoms with van der Waals surface area (Å²) in [7, 11) is 0. The molecular formula is C15H13IN2OS. The first-order valence-corrected chi connectivity index (χ1v) is 7.48. The van der Waals surface area contributed by atoms with Gasteiger partial charge in [-0.15, -0.1) is 0 Å². The van der Waals surface area contributed by atoms with Crippen LogP contribution in [0, 0.1) is 10.5 Å². The predicted octanol–water partition coefficient (Wildman–Crippen LogP) is 3.73. The van der Waals surface area contributed by atoms with Gasteiger partial charge in [0.2, 0.25) is 0 Å². The average molecular weight is 396 g/mol. The normalized spacial score (nSPS) is 9.90. The molecule has 0 spiro atoms. The minimum absolute atomic E-state index is 0.215. The molecule has 0 saturated heterocycles. The van der Waals surface area contributed by atoms with Gasteiger partial charge in [0, 0.05) is 14.8 Å². The first-order valence-electron chi connectivity index (χ1n) is 5.99. The van der Waals surface area contributed by atoms with Crippen molar-refractivity contribution in [3.05, 3.63) is 63.2 Å². The molecule has 0 heterocycles. The maximum absolute atomic E-state index is 12.0. The lowest BCUT2D eigenvalue weighted by Crippen LogP contribution is -2.34. The van der Waals surface area contributed by atoms with Gasteiger partial charge in [-0.3, -0.25) is 10.1 Å². The summed E-state index contributed by atoms with van der Waals surface area (Å²) >= 11 is 7.30. The molecule has 102 valence electrons. The number of rotatable bonds is 2. The molecule has 0 aliphatic carbocycles. The molecule has 0 aliphatic rings. The highest BCUT2D eigenvalue weighted by molar-refractivity contribution is 14.1. The smallest absolute Gasteiger partial charge is 0.257 e. The summed E-state index contributed by atoms with van der Waals surface area (Å²) in [5, 5.41) is 5.94. The van der Waals surface area contributed by atoms with Crippen molar-refractivity contribution in [2.45, 2.75) is 6.92 Å². The molecule has 2 aromatic carbocycles. The van der Waals surface area contributed by atoms with Crippen LogP contribution < -0.4 is 10.6 Å². The van der Waals surface area contributed by atoms with Gasteiger partial charge >= 0.3 is 0 Å². The second-order valence-electron chi connectivity index (χ2n) is 4.28. The van der Waals surface area contributed by atoms with Gasteiger partial charge in [-0.05, 0) is 72.1 Å². The van der Waals surface area contributed by atoms with E-state index in [1.165, 1.54) is 5.56 Å². The molecule has 3 nitrogen and oxygen atoms in total. The third-order valence-electron chi connectivity index (χ3n) is 2.62. The highest BCUT2D eigenvalue weighted by atomic mass is 127. The molecule has 0 unspecified atom stereocenters. The first kappa shape index (κ1) is 14.9. The second-order valence-corrected chi connectivity index (χ2v) is 5.94. The molecule has 0 aliphatic heterocycles. The molecule has 20 heavy (non-hydrogen) atoms. The maximum atomic E-state index is 12.0. The lowest BCUT2D eigenvalue weighted by Gasteiger charge is -2.10. The van der Waals surface area contributed by atoms with Gasteiger partial charge in [0.05, 0.1) is 0 Å². The zero-order valence-corrected chi connectivity index (χ0v) is 13.8. The molecule has 0 bridgehead atoms. The predicted molar refractivity (Wildman–Crippen MR) is 94.0 cm³/mol. The van der Waals surface area contributed by atoms with E-state index < -0.39 is 0 Å². The highest BCUT2D eigenvalue weighted by Gasteiger charge is 2.08. The van der Waals surface area contributed by atoms with E-state index in [0.717, 1.165) is 9.26 Å². The standard InChI is InChI=1S/C15H13IN2OS/c1-10-5-7-13(8-6-10)17-15(20)18-14(19)11-3-2-4-12(16)9-11/h2-9H,1H3,(H2,17,18,19,20). The van der Waals surface area contributed by atoms with Crippen molar-refractivity contribution in [1.29, 1.82) is 0 Å². The van der Waals surface area contributed by atoms with E-state index in [0.29, 0.717) is 5.56 Å². The number of hydrogen-bond donors (Lipinski definition) is 2. The number of anilines is 1. The van der Waals surface area contributed by atoms with Gasteiger partial charge in [-0.1, -0.05) is 23.8 Å². The lowest BCUT2D eigenvalue weighted by molar-refractivity contribution is 0.0977.